The summed E-state index contributed by atoms with van der Waals surface area (Å²) in [5, 5.41) is 0. The average Bonchev–Trinajstić information content (AvgIpc) is 2.31. The zero-order valence-corrected chi connectivity index (χ0v) is 9.89. The summed E-state index contributed by atoms with van der Waals surface area (Å²) in [4.78, 5) is 23.3. The summed E-state index contributed by atoms with van der Waals surface area (Å²) in [7, 11) is 4.16. The number of rotatable bonds is 5. The number of carbonyl (C=O) groups excluding carboxylic acids is 2. The maximum absolute atomic E-state index is 11.3. The highest BCUT2D eigenvalue weighted by Crippen LogP contribution is 2.00. The van der Waals surface area contributed by atoms with Gasteiger partial charge < -0.3 is 23.8 Å². The van der Waals surface area contributed by atoms with Crippen molar-refractivity contribution in [2.75, 3.05) is 34.7 Å². The van der Waals surface area contributed by atoms with Crippen LogP contribution in [0.25, 0.3) is 0 Å². The summed E-state index contributed by atoms with van der Waals surface area (Å²) in [5.74, 6) is 0. The molecule has 7 heteroatoms. The Morgan fingerprint density at radius 3 is 2.38 bits per heavy atom. The van der Waals surface area contributed by atoms with Gasteiger partial charge in [0.05, 0.1) is 13.2 Å². The molecule has 16 heavy (non-hydrogen) atoms. The number of nitrogens with zero attached hydrogens (tertiary/aromatic N) is 1. The molecule has 0 rings (SSSR count). The molecule has 0 spiro atoms. The second kappa shape index (κ2) is 7.75. The molecular formula is C9H17NO6. The zero-order valence-electron chi connectivity index (χ0n) is 9.89. The molecule has 0 aliphatic rings. The van der Waals surface area contributed by atoms with E-state index in [1.807, 2.05) is 0 Å². The predicted molar refractivity (Wildman–Crippen MR) is 53.9 cm³/mol. The second-order valence-electron chi connectivity index (χ2n) is 3.04. The Kier molecular flexibility index (Phi) is 7.02. The first kappa shape index (κ1) is 14.5. The van der Waals surface area contributed by atoms with Crippen LogP contribution in [0.15, 0.2) is 0 Å². The first-order valence-electron chi connectivity index (χ1n) is 4.62. The fourth-order valence-corrected chi connectivity index (χ4v) is 0.750. The Balaban J connectivity index is 3.92. The first-order valence-corrected chi connectivity index (χ1v) is 4.62. The Labute approximate surface area is 94.2 Å². The molecule has 94 valence electrons. The molecule has 0 bridgehead atoms. The van der Waals surface area contributed by atoms with E-state index in [1.165, 1.54) is 26.2 Å². The molecule has 0 aromatic rings. The summed E-state index contributed by atoms with van der Waals surface area (Å²) in [6, 6.07) is -0.316. The van der Waals surface area contributed by atoms with Crippen LogP contribution >= 0.6 is 0 Å². The van der Waals surface area contributed by atoms with Crippen LogP contribution < -0.4 is 0 Å². The van der Waals surface area contributed by atoms with E-state index in [0.29, 0.717) is 0 Å². The third-order valence-electron chi connectivity index (χ3n) is 1.86. The van der Waals surface area contributed by atoms with Crippen LogP contribution in [0.3, 0.4) is 0 Å². The van der Waals surface area contributed by atoms with Crippen molar-refractivity contribution < 1.29 is 28.5 Å². The molecule has 0 unspecified atom stereocenters. The third kappa shape index (κ3) is 5.40. The van der Waals surface area contributed by atoms with E-state index in [-0.39, 0.29) is 19.4 Å². The van der Waals surface area contributed by atoms with Gasteiger partial charge in [0.1, 0.15) is 6.61 Å². The highest BCUT2D eigenvalue weighted by molar-refractivity contribution is 5.67. The maximum Gasteiger partial charge on any atom is 0.508 e. The summed E-state index contributed by atoms with van der Waals surface area (Å²) in [6.45, 7) is 1.62. The number of hydrogen-bond donors (Lipinski definition) is 0. The van der Waals surface area contributed by atoms with Crippen LogP contribution in [0.2, 0.25) is 0 Å². The van der Waals surface area contributed by atoms with Crippen LogP contribution in [0, 0.1) is 0 Å². The van der Waals surface area contributed by atoms with Crippen molar-refractivity contribution in [2.45, 2.75) is 13.0 Å². The average molecular weight is 235 g/mol. The van der Waals surface area contributed by atoms with Gasteiger partial charge in [0.15, 0.2) is 6.79 Å². The first-order chi connectivity index (χ1) is 7.52. The molecule has 1 amide bonds. The fraction of sp³-hybridized carbons (Fsp3) is 0.778. The van der Waals surface area contributed by atoms with E-state index in [0.717, 1.165) is 0 Å². The smallest absolute Gasteiger partial charge is 0.438 e. The largest absolute Gasteiger partial charge is 0.508 e. The number of ether oxygens (including phenoxy) is 4. The molecule has 0 aromatic carbocycles. The normalized spacial score (nSPS) is 11.5. The highest BCUT2D eigenvalue weighted by atomic mass is 16.7. The minimum atomic E-state index is -0.787. The van der Waals surface area contributed by atoms with E-state index < -0.39 is 12.2 Å². The van der Waals surface area contributed by atoms with Crippen molar-refractivity contribution >= 4 is 12.2 Å². The van der Waals surface area contributed by atoms with Gasteiger partial charge in [-0.15, -0.1) is 0 Å². The lowest BCUT2D eigenvalue weighted by molar-refractivity contribution is -0.0109. The molecule has 0 aromatic heterocycles. The second-order valence-corrected chi connectivity index (χ2v) is 3.04. The zero-order chi connectivity index (χ0) is 12.6. The SMILES string of the molecule is COCOC(=O)N(C)[C@@H](C)COC(=O)OC. The molecule has 0 aliphatic heterocycles. The monoisotopic (exact) mass is 235 g/mol. The van der Waals surface area contributed by atoms with Gasteiger partial charge in [-0.05, 0) is 6.92 Å². The highest BCUT2D eigenvalue weighted by Gasteiger charge is 2.18. The standard InChI is InChI=1S/C9H17NO6/c1-7(5-15-9(12)14-4)10(2)8(11)16-6-13-3/h7H,5-6H2,1-4H3/t7-/m0/s1. The van der Waals surface area contributed by atoms with E-state index in [1.54, 1.807) is 6.92 Å². The Morgan fingerprint density at radius 2 is 1.88 bits per heavy atom. The Morgan fingerprint density at radius 1 is 1.25 bits per heavy atom. The van der Waals surface area contributed by atoms with E-state index in [4.69, 9.17) is 4.74 Å². The lowest BCUT2D eigenvalue weighted by Crippen LogP contribution is -2.39. The molecule has 0 heterocycles. The number of carbonyl (C=O) groups is 2. The summed E-state index contributed by atoms with van der Waals surface area (Å²) in [5.41, 5.74) is 0. The lowest BCUT2D eigenvalue weighted by atomic mass is 10.3. The van der Waals surface area contributed by atoms with Gasteiger partial charge >= 0.3 is 12.2 Å². The topological polar surface area (TPSA) is 74.3 Å². The molecule has 0 saturated carbocycles. The Bertz CT molecular complexity index is 232. The quantitative estimate of drug-likeness (QED) is 0.519. The third-order valence-corrected chi connectivity index (χ3v) is 1.86. The van der Waals surface area contributed by atoms with Crippen molar-refractivity contribution in [2.24, 2.45) is 0 Å². The van der Waals surface area contributed by atoms with Crippen LogP contribution in [0.5, 0.6) is 0 Å². The fourth-order valence-electron chi connectivity index (χ4n) is 0.750. The molecule has 0 saturated heterocycles. The van der Waals surface area contributed by atoms with Gasteiger partial charge in [-0.25, -0.2) is 9.59 Å². The lowest BCUT2D eigenvalue weighted by Gasteiger charge is -2.23. The van der Waals surface area contributed by atoms with Gasteiger partial charge in [0, 0.05) is 14.2 Å². The summed E-state index contributed by atoms with van der Waals surface area (Å²) < 4.78 is 18.3. The molecular weight excluding hydrogens is 218 g/mol. The molecule has 1 atom stereocenters. The number of methoxy groups -OCH3 is 2. The summed E-state index contributed by atoms with van der Waals surface area (Å²) in [6.07, 6.45) is -1.34. The van der Waals surface area contributed by atoms with Crippen molar-refractivity contribution in [3.8, 4) is 0 Å². The Hall–Kier alpha value is -1.50. The van der Waals surface area contributed by atoms with Crippen molar-refractivity contribution in [3.63, 3.8) is 0 Å². The molecule has 0 N–H and O–H groups in total. The van der Waals surface area contributed by atoms with Crippen LogP contribution in [-0.4, -0.2) is 57.9 Å². The predicted octanol–water partition coefficient (Wildman–Crippen LogP) is 0.830. The molecule has 0 aliphatic carbocycles. The van der Waals surface area contributed by atoms with Gasteiger partial charge in [-0.3, -0.25) is 0 Å². The maximum atomic E-state index is 11.3. The van der Waals surface area contributed by atoms with Crippen LogP contribution in [0.4, 0.5) is 9.59 Å². The van der Waals surface area contributed by atoms with Gasteiger partial charge in [-0.1, -0.05) is 0 Å². The van der Waals surface area contributed by atoms with Gasteiger partial charge in [0.25, 0.3) is 0 Å². The molecule has 0 radical (unpaired) electrons. The van der Waals surface area contributed by atoms with Crippen LogP contribution in [0.1, 0.15) is 6.92 Å². The van der Waals surface area contributed by atoms with Crippen LogP contribution in [-0.2, 0) is 18.9 Å². The van der Waals surface area contributed by atoms with E-state index in [9.17, 15) is 9.59 Å². The number of hydrogen-bond acceptors (Lipinski definition) is 6. The van der Waals surface area contributed by atoms with E-state index in [2.05, 4.69) is 14.2 Å². The summed E-state index contributed by atoms with van der Waals surface area (Å²) >= 11 is 0. The van der Waals surface area contributed by atoms with Crippen molar-refractivity contribution in [1.29, 1.82) is 0 Å². The minimum Gasteiger partial charge on any atom is -0.438 e. The van der Waals surface area contributed by atoms with Crippen molar-refractivity contribution in [1.82, 2.24) is 4.90 Å². The van der Waals surface area contributed by atoms with E-state index >= 15 is 0 Å². The molecule has 7 nitrogen and oxygen atoms in total. The van der Waals surface area contributed by atoms with Gasteiger partial charge in [-0.2, -0.15) is 0 Å². The van der Waals surface area contributed by atoms with Crippen molar-refractivity contribution in [3.05, 3.63) is 0 Å². The minimum absolute atomic E-state index is 0.0330. The molecule has 0 fully saturated rings. The number of likely N-dealkylation sites (N-methyl/N-ethyl adjacent to an activating group) is 1. The number of amides is 1. The van der Waals surface area contributed by atoms with Gasteiger partial charge in [0.2, 0.25) is 0 Å².